The van der Waals surface area contributed by atoms with Crippen LogP contribution in [0.5, 0.6) is 0 Å². The molecule has 2 rings (SSSR count). The van der Waals surface area contributed by atoms with Crippen molar-refractivity contribution in [3.63, 3.8) is 0 Å². The summed E-state index contributed by atoms with van der Waals surface area (Å²) in [4.78, 5) is 9.90. The summed E-state index contributed by atoms with van der Waals surface area (Å²) < 4.78 is 26.8. The molecule has 1 N–H and O–H groups in total. The van der Waals surface area contributed by atoms with Crippen molar-refractivity contribution in [3.8, 4) is 0 Å². The molecule has 0 radical (unpaired) electrons. The summed E-state index contributed by atoms with van der Waals surface area (Å²) in [6.07, 6.45) is 6.05. The smallest absolute Gasteiger partial charge is 0.258 e. The molecule has 20 heavy (non-hydrogen) atoms. The van der Waals surface area contributed by atoms with E-state index in [4.69, 9.17) is 0 Å². The summed E-state index contributed by atoms with van der Waals surface area (Å²) in [5.74, 6) is 0. The Morgan fingerprint density at radius 2 is 2.00 bits per heavy atom. The molecule has 0 aliphatic heterocycles. The van der Waals surface area contributed by atoms with E-state index in [2.05, 4.69) is 4.72 Å². The van der Waals surface area contributed by atoms with E-state index in [9.17, 15) is 18.5 Å². The minimum atomic E-state index is -3.87. The summed E-state index contributed by atoms with van der Waals surface area (Å²) in [6.45, 7) is 0.217. The van der Waals surface area contributed by atoms with Crippen LogP contribution in [0.4, 0.5) is 5.69 Å². The van der Waals surface area contributed by atoms with E-state index in [1.54, 1.807) is 0 Å². The van der Waals surface area contributed by atoms with E-state index in [-0.39, 0.29) is 11.4 Å². The van der Waals surface area contributed by atoms with Crippen molar-refractivity contribution in [2.24, 2.45) is 0 Å². The van der Waals surface area contributed by atoms with Crippen LogP contribution in [0.15, 0.2) is 40.8 Å². The zero-order valence-corrected chi connectivity index (χ0v) is 11.7. The van der Waals surface area contributed by atoms with Gasteiger partial charge in [-0.3, -0.25) is 10.1 Å². The maximum atomic E-state index is 12.2. The molecule has 0 bridgehead atoms. The van der Waals surface area contributed by atoms with E-state index in [0.717, 1.165) is 31.3 Å². The van der Waals surface area contributed by atoms with Crippen LogP contribution >= 0.6 is 0 Å². The molecule has 0 saturated carbocycles. The van der Waals surface area contributed by atoms with Crippen LogP contribution in [0.25, 0.3) is 0 Å². The van der Waals surface area contributed by atoms with Gasteiger partial charge in [0.2, 0.25) is 10.0 Å². The minimum absolute atomic E-state index is 0.217. The lowest BCUT2D eigenvalue weighted by molar-refractivity contribution is -0.387. The molecule has 0 spiro atoms. The molecule has 0 unspecified atom stereocenters. The highest BCUT2D eigenvalue weighted by atomic mass is 32.2. The van der Waals surface area contributed by atoms with Crippen molar-refractivity contribution in [2.75, 3.05) is 6.54 Å². The first kappa shape index (κ1) is 14.7. The van der Waals surface area contributed by atoms with Crippen LogP contribution in [0.3, 0.4) is 0 Å². The van der Waals surface area contributed by atoms with Crippen molar-refractivity contribution in [3.05, 3.63) is 46.0 Å². The number of hydrogen-bond acceptors (Lipinski definition) is 4. The Morgan fingerprint density at radius 1 is 1.25 bits per heavy atom. The van der Waals surface area contributed by atoms with Crippen molar-refractivity contribution in [1.29, 1.82) is 0 Å². The third-order valence-corrected chi connectivity index (χ3v) is 4.67. The monoisotopic (exact) mass is 296 g/mol. The normalized spacial score (nSPS) is 15.7. The molecular formula is C13H16N2O4S. The van der Waals surface area contributed by atoms with Crippen LogP contribution in [0.2, 0.25) is 0 Å². The lowest BCUT2D eigenvalue weighted by Crippen LogP contribution is -2.27. The first-order valence-electron chi connectivity index (χ1n) is 6.42. The topological polar surface area (TPSA) is 89.3 Å². The van der Waals surface area contributed by atoms with Gasteiger partial charge in [0.25, 0.3) is 5.69 Å². The second-order valence-electron chi connectivity index (χ2n) is 4.66. The number of nitro benzene ring substituents is 1. The summed E-state index contributed by atoms with van der Waals surface area (Å²) in [6, 6.07) is 5.35. The molecule has 1 aromatic carbocycles. The SMILES string of the molecule is O=[N+]([O-])c1ccccc1S(=O)(=O)NCC1=CCCCC1. The number of nitrogens with one attached hydrogen (secondary N) is 1. The Balaban J connectivity index is 2.18. The molecule has 0 fully saturated rings. The number of hydrogen-bond donors (Lipinski definition) is 1. The predicted octanol–water partition coefficient (Wildman–Crippen LogP) is 2.37. The van der Waals surface area contributed by atoms with Crippen LogP contribution in [0, 0.1) is 10.1 Å². The average Bonchev–Trinajstić information content (AvgIpc) is 2.46. The molecule has 0 amide bonds. The molecule has 1 aliphatic carbocycles. The lowest BCUT2D eigenvalue weighted by Gasteiger charge is -2.13. The zero-order chi connectivity index (χ0) is 14.6. The van der Waals surface area contributed by atoms with Gasteiger partial charge in [-0.1, -0.05) is 23.8 Å². The third kappa shape index (κ3) is 3.43. The largest absolute Gasteiger partial charge is 0.289 e. The second-order valence-corrected chi connectivity index (χ2v) is 6.39. The van der Waals surface area contributed by atoms with E-state index in [1.807, 2.05) is 6.08 Å². The lowest BCUT2D eigenvalue weighted by atomic mass is 10.0. The maximum absolute atomic E-state index is 12.2. The van der Waals surface area contributed by atoms with Crippen LogP contribution in [-0.4, -0.2) is 19.9 Å². The summed E-state index contributed by atoms with van der Waals surface area (Å²) in [5.41, 5.74) is 0.635. The van der Waals surface area contributed by atoms with Gasteiger partial charge in [0.15, 0.2) is 4.90 Å². The molecule has 0 saturated heterocycles. The number of sulfonamides is 1. The van der Waals surface area contributed by atoms with Gasteiger partial charge in [0, 0.05) is 12.6 Å². The average molecular weight is 296 g/mol. The highest BCUT2D eigenvalue weighted by Crippen LogP contribution is 2.23. The quantitative estimate of drug-likeness (QED) is 0.513. The van der Waals surface area contributed by atoms with Gasteiger partial charge in [0.1, 0.15) is 0 Å². The molecule has 0 aromatic heterocycles. The first-order valence-corrected chi connectivity index (χ1v) is 7.90. The molecule has 1 aliphatic rings. The molecule has 0 atom stereocenters. The Hall–Kier alpha value is -1.73. The van der Waals surface area contributed by atoms with Crippen LogP contribution < -0.4 is 4.72 Å². The maximum Gasteiger partial charge on any atom is 0.289 e. The van der Waals surface area contributed by atoms with Gasteiger partial charge in [-0.25, -0.2) is 13.1 Å². The highest BCUT2D eigenvalue weighted by molar-refractivity contribution is 7.89. The Bertz CT molecular complexity index is 638. The predicted molar refractivity (Wildman–Crippen MR) is 74.8 cm³/mol. The van der Waals surface area contributed by atoms with E-state index in [1.165, 1.54) is 24.3 Å². The fraction of sp³-hybridized carbons (Fsp3) is 0.385. The van der Waals surface area contributed by atoms with Gasteiger partial charge < -0.3 is 0 Å². The Kier molecular flexibility index (Phi) is 4.51. The zero-order valence-electron chi connectivity index (χ0n) is 10.9. The molecule has 0 heterocycles. The van der Waals surface area contributed by atoms with E-state index < -0.39 is 20.6 Å². The summed E-state index contributed by atoms with van der Waals surface area (Å²) in [7, 11) is -3.87. The van der Waals surface area contributed by atoms with Crippen LogP contribution in [-0.2, 0) is 10.0 Å². The van der Waals surface area contributed by atoms with Gasteiger partial charge >= 0.3 is 0 Å². The van der Waals surface area contributed by atoms with Crippen molar-refractivity contribution in [2.45, 2.75) is 30.6 Å². The standard InChI is InChI=1S/C13H16N2O4S/c16-15(17)12-8-4-5-9-13(12)20(18,19)14-10-11-6-2-1-3-7-11/h4-6,8-9,14H,1-3,7,10H2. The van der Waals surface area contributed by atoms with E-state index >= 15 is 0 Å². The van der Waals surface area contributed by atoms with Crippen molar-refractivity contribution >= 4 is 15.7 Å². The fourth-order valence-electron chi connectivity index (χ4n) is 2.17. The van der Waals surface area contributed by atoms with Crippen molar-refractivity contribution in [1.82, 2.24) is 4.72 Å². The molecule has 1 aromatic rings. The van der Waals surface area contributed by atoms with E-state index in [0.29, 0.717) is 0 Å². The fourth-order valence-corrected chi connectivity index (χ4v) is 3.37. The van der Waals surface area contributed by atoms with Crippen molar-refractivity contribution < 1.29 is 13.3 Å². The van der Waals surface area contributed by atoms with Gasteiger partial charge in [-0.05, 0) is 31.7 Å². The number of rotatable bonds is 5. The van der Waals surface area contributed by atoms with Crippen LogP contribution in [0.1, 0.15) is 25.7 Å². The molecule has 6 nitrogen and oxygen atoms in total. The molecular weight excluding hydrogens is 280 g/mol. The minimum Gasteiger partial charge on any atom is -0.258 e. The first-order chi connectivity index (χ1) is 9.50. The van der Waals surface area contributed by atoms with Gasteiger partial charge in [-0.2, -0.15) is 0 Å². The van der Waals surface area contributed by atoms with Gasteiger partial charge in [-0.15, -0.1) is 0 Å². The highest BCUT2D eigenvalue weighted by Gasteiger charge is 2.24. The number of para-hydroxylation sites is 1. The summed E-state index contributed by atoms with van der Waals surface area (Å²) in [5, 5.41) is 10.9. The van der Waals surface area contributed by atoms with Gasteiger partial charge in [0.05, 0.1) is 4.92 Å². The Labute approximate surface area is 117 Å². The number of nitro groups is 1. The number of allylic oxidation sites excluding steroid dienone is 1. The number of benzene rings is 1. The molecule has 108 valence electrons. The summed E-state index contributed by atoms with van der Waals surface area (Å²) >= 11 is 0. The Morgan fingerprint density at radius 3 is 2.65 bits per heavy atom. The second kappa shape index (κ2) is 6.15. The third-order valence-electron chi connectivity index (χ3n) is 3.23. The number of nitrogens with zero attached hydrogens (tertiary/aromatic N) is 1. The molecule has 7 heteroatoms.